The summed E-state index contributed by atoms with van der Waals surface area (Å²) in [6.07, 6.45) is 6.30. The van der Waals surface area contributed by atoms with Gasteiger partial charge in [-0.15, -0.1) is 0 Å². The van der Waals surface area contributed by atoms with Crippen molar-refractivity contribution in [3.05, 3.63) is 0 Å². The zero-order valence-electron chi connectivity index (χ0n) is 8.81. The first-order valence-corrected chi connectivity index (χ1v) is 6.16. The maximum Gasteiger partial charge on any atom is 0.394 e. The van der Waals surface area contributed by atoms with Crippen molar-refractivity contribution in [1.82, 2.24) is 0 Å². The van der Waals surface area contributed by atoms with E-state index < -0.39 is 10.4 Å². The van der Waals surface area contributed by atoms with E-state index in [0.717, 1.165) is 6.42 Å². The molecular weight excluding hydrogens is 206 g/mol. The van der Waals surface area contributed by atoms with Crippen LogP contribution in [0.2, 0.25) is 0 Å². The Morgan fingerprint density at radius 2 is 1.64 bits per heavy atom. The van der Waals surface area contributed by atoms with Gasteiger partial charge in [0.15, 0.2) is 0 Å². The molecule has 88 valence electrons. The first-order valence-electron chi connectivity index (χ1n) is 4.76. The first kappa shape index (κ1) is 16.3. The fourth-order valence-corrected chi connectivity index (χ4v) is 0.861. The minimum Gasteiger partial charge on any atom is -0.328 e. The quantitative estimate of drug-likeness (QED) is 0.489. The molecule has 0 amide bonds. The Morgan fingerprint density at radius 3 is 1.93 bits per heavy atom. The van der Waals surface area contributed by atoms with E-state index in [9.17, 15) is 0 Å². The molecule has 0 saturated carbocycles. The third-order valence-electron chi connectivity index (χ3n) is 1.70. The molecular formula is C8H21NO4S. The van der Waals surface area contributed by atoms with E-state index in [1.807, 2.05) is 0 Å². The Hall–Kier alpha value is -0.170. The van der Waals surface area contributed by atoms with Crippen molar-refractivity contribution in [1.29, 1.82) is 0 Å². The molecule has 1 unspecified atom stereocenters. The average Bonchev–Trinajstić information content (AvgIpc) is 2.01. The smallest absolute Gasteiger partial charge is 0.328 e. The number of rotatable bonds is 5. The lowest BCUT2D eigenvalue weighted by Gasteiger charge is -2.05. The van der Waals surface area contributed by atoms with E-state index in [0.29, 0.717) is 6.04 Å². The molecule has 6 heteroatoms. The lowest BCUT2D eigenvalue weighted by Crippen LogP contribution is -2.17. The van der Waals surface area contributed by atoms with Crippen molar-refractivity contribution in [2.24, 2.45) is 5.73 Å². The predicted octanol–water partition coefficient (Wildman–Crippen LogP) is 1.65. The van der Waals surface area contributed by atoms with Gasteiger partial charge in [-0.25, -0.2) is 0 Å². The van der Waals surface area contributed by atoms with Crippen LogP contribution in [0.25, 0.3) is 0 Å². The number of nitrogens with two attached hydrogens (primary N) is 1. The van der Waals surface area contributed by atoms with Crippen molar-refractivity contribution >= 4 is 10.4 Å². The van der Waals surface area contributed by atoms with E-state index in [-0.39, 0.29) is 0 Å². The second kappa shape index (κ2) is 9.39. The predicted molar refractivity (Wildman–Crippen MR) is 56.6 cm³/mol. The molecule has 0 aliphatic rings. The Labute approximate surface area is 86.3 Å². The van der Waals surface area contributed by atoms with Crippen molar-refractivity contribution < 1.29 is 17.5 Å². The largest absolute Gasteiger partial charge is 0.394 e. The van der Waals surface area contributed by atoms with Gasteiger partial charge in [0.1, 0.15) is 0 Å². The van der Waals surface area contributed by atoms with Crippen molar-refractivity contribution in [3.8, 4) is 0 Å². The van der Waals surface area contributed by atoms with Crippen LogP contribution in [0.3, 0.4) is 0 Å². The normalized spacial score (nSPS) is 12.9. The van der Waals surface area contributed by atoms with Gasteiger partial charge in [-0.3, -0.25) is 9.11 Å². The number of unbranched alkanes of at least 4 members (excludes halogenated alkanes) is 2. The maximum atomic E-state index is 8.74. The molecule has 0 aromatic heterocycles. The van der Waals surface area contributed by atoms with E-state index in [1.54, 1.807) is 0 Å². The Morgan fingerprint density at radius 1 is 1.21 bits per heavy atom. The highest BCUT2D eigenvalue weighted by atomic mass is 32.3. The zero-order valence-corrected chi connectivity index (χ0v) is 9.63. The maximum absolute atomic E-state index is 8.74. The van der Waals surface area contributed by atoms with Crippen LogP contribution in [0.5, 0.6) is 0 Å². The summed E-state index contributed by atoms with van der Waals surface area (Å²) < 4.78 is 31.6. The standard InChI is InChI=1S/C8H19N.H2O4S/c1-3-5-6-7-8(9)4-2;1-5(2,3)4/h8H,3-7,9H2,1-2H3;(H2,1,2,3,4). The highest BCUT2D eigenvalue weighted by molar-refractivity contribution is 7.79. The summed E-state index contributed by atoms with van der Waals surface area (Å²) in [7, 11) is -4.67. The van der Waals surface area contributed by atoms with Crippen LogP contribution in [0.4, 0.5) is 0 Å². The van der Waals surface area contributed by atoms with Gasteiger partial charge in [-0.05, 0) is 12.8 Å². The van der Waals surface area contributed by atoms with Gasteiger partial charge in [-0.2, -0.15) is 8.42 Å². The van der Waals surface area contributed by atoms with E-state index in [2.05, 4.69) is 13.8 Å². The monoisotopic (exact) mass is 227 g/mol. The first-order chi connectivity index (χ1) is 6.31. The van der Waals surface area contributed by atoms with Crippen LogP contribution in [0.15, 0.2) is 0 Å². The topological polar surface area (TPSA) is 101 Å². The SMILES string of the molecule is CCCCCC(N)CC.O=S(=O)(O)O. The zero-order chi connectivity index (χ0) is 11.6. The fourth-order valence-electron chi connectivity index (χ4n) is 0.861. The summed E-state index contributed by atoms with van der Waals surface area (Å²) in [4.78, 5) is 0. The molecule has 0 aromatic carbocycles. The number of hydrogen-bond acceptors (Lipinski definition) is 3. The van der Waals surface area contributed by atoms with Gasteiger partial charge in [-0.1, -0.05) is 33.1 Å². The Balaban J connectivity index is 0. The van der Waals surface area contributed by atoms with Crippen molar-refractivity contribution in [2.45, 2.75) is 52.0 Å². The second-order valence-electron chi connectivity index (χ2n) is 3.11. The average molecular weight is 227 g/mol. The van der Waals surface area contributed by atoms with Crippen LogP contribution in [0, 0.1) is 0 Å². The van der Waals surface area contributed by atoms with Crippen LogP contribution < -0.4 is 5.73 Å². The Bertz CT molecular complexity index is 195. The molecule has 0 rings (SSSR count). The van der Waals surface area contributed by atoms with Gasteiger partial charge in [0.25, 0.3) is 0 Å². The van der Waals surface area contributed by atoms with Crippen LogP contribution in [0.1, 0.15) is 46.0 Å². The van der Waals surface area contributed by atoms with Crippen molar-refractivity contribution in [2.75, 3.05) is 0 Å². The van der Waals surface area contributed by atoms with Gasteiger partial charge in [0.2, 0.25) is 0 Å². The molecule has 0 aliphatic carbocycles. The molecule has 0 fully saturated rings. The number of hydrogen-bond donors (Lipinski definition) is 3. The lowest BCUT2D eigenvalue weighted by molar-refractivity contribution is 0.381. The van der Waals surface area contributed by atoms with Crippen LogP contribution in [-0.4, -0.2) is 23.6 Å². The molecule has 1 atom stereocenters. The second-order valence-corrected chi connectivity index (χ2v) is 4.01. The molecule has 0 heterocycles. The summed E-state index contributed by atoms with van der Waals surface area (Å²) in [6.45, 7) is 4.37. The van der Waals surface area contributed by atoms with Crippen LogP contribution >= 0.6 is 0 Å². The third-order valence-corrected chi connectivity index (χ3v) is 1.70. The molecule has 0 spiro atoms. The van der Waals surface area contributed by atoms with Gasteiger partial charge < -0.3 is 5.73 Å². The minimum atomic E-state index is -4.67. The third kappa shape index (κ3) is 29.7. The highest BCUT2D eigenvalue weighted by Gasteiger charge is 1.95. The van der Waals surface area contributed by atoms with Gasteiger partial charge in [0, 0.05) is 6.04 Å². The fraction of sp³-hybridized carbons (Fsp3) is 1.00. The lowest BCUT2D eigenvalue weighted by atomic mass is 10.1. The molecule has 0 radical (unpaired) electrons. The van der Waals surface area contributed by atoms with E-state index in [4.69, 9.17) is 23.3 Å². The van der Waals surface area contributed by atoms with E-state index >= 15 is 0 Å². The van der Waals surface area contributed by atoms with Gasteiger partial charge >= 0.3 is 10.4 Å². The van der Waals surface area contributed by atoms with E-state index in [1.165, 1.54) is 25.7 Å². The molecule has 14 heavy (non-hydrogen) atoms. The summed E-state index contributed by atoms with van der Waals surface area (Å²) in [5.74, 6) is 0. The van der Waals surface area contributed by atoms with Gasteiger partial charge in [0.05, 0.1) is 0 Å². The molecule has 0 aromatic rings. The minimum absolute atomic E-state index is 0.455. The Kier molecular flexibility index (Phi) is 10.9. The molecule has 0 aliphatic heterocycles. The van der Waals surface area contributed by atoms with Crippen LogP contribution in [-0.2, 0) is 10.4 Å². The summed E-state index contributed by atoms with van der Waals surface area (Å²) in [5.41, 5.74) is 5.71. The molecule has 0 bridgehead atoms. The summed E-state index contributed by atoms with van der Waals surface area (Å²) in [6, 6.07) is 0.455. The summed E-state index contributed by atoms with van der Waals surface area (Å²) in [5, 5.41) is 0. The van der Waals surface area contributed by atoms with Crippen molar-refractivity contribution in [3.63, 3.8) is 0 Å². The molecule has 5 nitrogen and oxygen atoms in total. The summed E-state index contributed by atoms with van der Waals surface area (Å²) >= 11 is 0. The molecule has 4 N–H and O–H groups in total. The highest BCUT2D eigenvalue weighted by Crippen LogP contribution is 2.03. The molecule has 0 saturated heterocycles.